The molecule has 0 aliphatic carbocycles. The predicted molar refractivity (Wildman–Crippen MR) is 124 cm³/mol. The van der Waals surface area contributed by atoms with Crippen LogP contribution < -0.4 is 15.2 Å². The van der Waals surface area contributed by atoms with Gasteiger partial charge in [-0.25, -0.2) is 9.97 Å². The zero-order chi connectivity index (χ0) is 22.6. The molecule has 1 aliphatic rings. The van der Waals surface area contributed by atoms with Crippen LogP contribution in [0.3, 0.4) is 0 Å². The summed E-state index contributed by atoms with van der Waals surface area (Å²) in [7, 11) is 1.62. The zero-order valence-corrected chi connectivity index (χ0v) is 18.5. The Morgan fingerprint density at radius 3 is 2.70 bits per heavy atom. The standard InChI is InChI=1S/C23H26N8O2/c1-32-19-14-18-16(13-20(19)33-12-11-30-9-5-2-6-10-30)22(27-15-26-18)31-23(24)28-21(29-31)17-7-3-4-8-25-17/h3-4,7-8,13-15H,2,5-6,9-12H2,1H3,(H2,24,28,29). The highest BCUT2D eigenvalue weighted by Crippen LogP contribution is 2.34. The van der Waals surface area contributed by atoms with E-state index >= 15 is 0 Å². The maximum atomic E-state index is 6.20. The third kappa shape index (κ3) is 4.42. The van der Waals surface area contributed by atoms with Gasteiger partial charge in [0.2, 0.25) is 11.8 Å². The van der Waals surface area contributed by atoms with E-state index in [4.69, 9.17) is 15.2 Å². The number of methoxy groups -OCH3 is 1. The second-order valence-corrected chi connectivity index (χ2v) is 7.89. The lowest BCUT2D eigenvalue weighted by atomic mass is 10.1. The number of rotatable bonds is 7. The normalized spacial score (nSPS) is 14.5. The topological polar surface area (TPSA) is 117 Å². The summed E-state index contributed by atoms with van der Waals surface area (Å²) in [5.41, 5.74) is 7.52. The second-order valence-electron chi connectivity index (χ2n) is 7.89. The number of nitrogen functional groups attached to an aromatic ring is 1. The van der Waals surface area contributed by atoms with Crippen LogP contribution in [0.15, 0.2) is 42.9 Å². The van der Waals surface area contributed by atoms with Crippen molar-refractivity contribution in [2.45, 2.75) is 19.3 Å². The minimum absolute atomic E-state index is 0.207. The molecule has 4 heterocycles. The molecule has 0 amide bonds. The van der Waals surface area contributed by atoms with E-state index in [-0.39, 0.29) is 5.95 Å². The van der Waals surface area contributed by atoms with Crippen LogP contribution in [0.25, 0.3) is 28.2 Å². The summed E-state index contributed by atoms with van der Waals surface area (Å²) in [5, 5.41) is 5.28. The van der Waals surface area contributed by atoms with Gasteiger partial charge in [0.15, 0.2) is 17.3 Å². The number of benzene rings is 1. The number of piperidine rings is 1. The number of nitrogens with two attached hydrogens (primary N) is 1. The van der Waals surface area contributed by atoms with Crippen molar-refractivity contribution in [3.8, 4) is 28.8 Å². The minimum atomic E-state index is 0.207. The molecule has 1 aliphatic heterocycles. The Hall–Kier alpha value is -3.79. The first-order valence-corrected chi connectivity index (χ1v) is 11.0. The highest BCUT2D eigenvalue weighted by molar-refractivity contribution is 5.88. The van der Waals surface area contributed by atoms with Crippen molar-refractivity contribution in [3.63, 3.8) is 0 Å². The maximum absolute atomic E-state index is 6.20. The molecular weight excluding hydrogens is 420 g/mol. The molecule has 3 aromatic heterocycles. The van der Waals surface area contributed by atoms with E-state index in [2.05, 4.69) is 29.9 Å². The number of ether oxygens (including phenoxy) is 2. The molecule has 1 aromatic carbocycles. The highest BCUT2D eigenvalue weighted by atomic mass is 16.5. The summed E-state index contributed by atoms with van der Waals surface area (Å²) < 4.78 is 13.2. The second kappa shape index (κ2) is 9.37. The average Bonchev–Trinajstić information content (AvgIpc) is 3.25. The van der Waals surface area contributed by atoms with Crippen molar-refractivity contribution in [1.29, 1.82) is 0 Å². The number of likely N-dealkylation sites (tertiary alicyclic amines) is 1. The lowest BCUT2D eigenvalue weighted by Crippen LogP contribution is -2.33. The number of anilines is 1. The summed E-state index contributed by atoms with van der Waals surface area (Å²) in [4.78, 5) is 19.9. The number of pyridine rings is 1. The maximum Gasteiger partial charge on any atom is 0.225 e. The Bertz CT molecular complexity index is 1240. The van der Waals surface area contributed by atoms with Gasteiger partial charge >= 0.3 is 0 Å². The van der Waals surface area contributed by atoms with E-state index < -0.39 is 0 Å². The molecule has 0 bridgehead atoms. The molecule has 1 saturated heterocycles. The summed E-state index contributed by atoms with van der Waals surface area (Å²) in [6, 6.07) is 9.25. The molecule has 170 valence electrons. The van der Waals surface area contributed by atoms with Crippen LogP contribution in [-0.4, -0.2) is 68.0 Å². The van der Waals surface area contributed by atoms with Gasteiger partial charge in [0.1, 0.15) is 18.6 Å². The largest absolute Gasteiger partial charge is 0.493 e. The van der Waals surface area contributed by atoms with E-state index in [0.29, 0.717) is 41.0 Å². The average molecular weight is 447 g/mol. The first kappa shape index (κ1) is 21.1. The summed E-state index contributed by atoms with van der Waals surface area (Å²) >= 11 is 0. The first-order valence-electron chi connectivity index (χ1n) is 11.0. The monoisotopic (exact) mass is 446 g/mol. The van der Waals surface area contributed by atoms with Gasteiger partial charge in [-0.2, -0.15) is 9.67 Å². The van der Waals surface area contributed by atoms with Gasteiger partial charge in [0.25, 0.3) is 0 Å². The van der Waals surface area contributed by atoms with E-state index in [0.717, 1.165) is 25.0 Å². The molecule has 0 saturated carbocycles. The molecule has 0 spiro atoms. The fraction of sp³-hybridized carbons (Fsp3) is 0.348. The minimum Gasteiger partial charge on any atom is -0.493 e. The van der Waals surface area contributed by atoms with Crippen molar-refractivity contribution in [2.75, 3.05) is 39.1 Å². The fourth-order valence-corrected chi connectivity index (χ4v) is 4.04. The molecule has 0 radical (unpaired) electrons. The molecule has 0 atom stereocenters. The quantitative estimate of drug-likeness (QED) is 0.457. The number of nitrogens with zero attached hydrogens (tertiary/aromatic N) is 7. The van der Waals surface area contributed by atoms with Crippen LogP contribution in [0.1, 0.15) is 19.3 Å². The van der Waals surface area contributed by atoms with Crippen molar-refractivity contribution in [1.82, 2.24) is 34.6 Å². The summed E-state index contributed by atoms with van der Waals surface area (Å²) in [5.74, 6) is 2.38. The number of hydrogen-bond acceptors (Lipinski definition) is 9. The molecule has 33 heavy (non-hydrogen) atoms. The Balaban J connectivity index is 1.47. The van der Waals surface area contributed by atoms with Gasteiger partial charge in [-0.3, -0.25) is 9.88 Å². The lowest BCUT2D eigenvalue weighted by Gasteiger charge is -2.26. The third-order valence-electron chi connectivity index (χ3n) is 5.74. The zero-order valence-electron chi connectivity index (χ0n) is 18.5. The predicted octanol–water partition coefficient (Wildman–Crippen LogP) is 2.73. The smallest absolute Gasteiger partial charge is 0.225 e. The molecular formula is C23H26N8O2. The Morgan fingerprint density at radius 2 is 1.91 bits per heavy atom. The van der Waals surface area contributed by atoms with Crippen molar-refractivity contribution < 1.29 is 9.47 Å². The summed E-state index contributed by atoms with van der Waals surface area (Å²) in [6.07, 6.45) is 6.97. The third-order valence-corrected chi connectivity index (χ3v) is 5.74. The summed E-state index contributed by atoms with van der Waals surface area (Å²) in [6.45, 7) is 3.70. The van der Waals surface area contributed by atoms with E-state index in [9.17, 15) is 0 Å². The SMILES string of the molecule is COc1cc2ncnc(-n3nc(-c4ccccn4)nc3N)c2cc1OCCN1CCCCC1. The highest BCUT2D eigenvalue weighted by Gasteiger charge is 2.18. The van der Waals surface area contributed by atoms with Gasteiger partial charge < -0.3 is 15.2 Å². The van der Waals surface area contributed by atoms with E-state index in [1.165, 1.54) is 30.3 Å². The molecule has 5 rings (SSSR count). The molecule has 2 N–H and O–H groups in total. The van der Waals surface area contributed by atoms with Crippen molar-refractivity contribution in [3.05, 3.63) is 42.9 Å². The van der Waals surface area contributed by atoms with Gasteiger partial charge in [-0.05, 0) is 44.1 Å². The Morgan fingerprint density at radius 1 is 1.03 bits per heavy atom. The van der Waals surface area contributed by atoms with Crippen molar-refractivity contribution >= 4 is 16.9 Å². The van der Waals surface area contributed by atoms with Gasteiger partial charge in [0, 0.05) is 24.2 Å². The van der Waals surface area contributed by atoms with Gasteiger partial charge in [-0.1, -0.05) is 12.5 Å². The Kier molecular flexibility index (Phi) is 5.99. The number of aromatic nitrogens is 6. The van der Waals surface area contributed by atoms with E-state index in [1.807, 2.05) is 30.3 Å². The van der Waals surface area contributed by atoms with Crippen LogP contribution in [0.5, 0.6) is 11.5 Å². The van der Waals surface area contributed by atoms with Crippen LogP contribution >= 0.6 is 0 Å². The van der Waals surface area contributed by atoms with E-state index in [1.54, 1.807) is 13.3 Å². The Labute approximate surface area is 191 Å². The molecule has 10 heteroatoms. The van der Waals surface area contributed by atoms with Gasteiger partial charge in [0.05, 0.1) is 12.6 Å². The lowest BCUT2D eigenvalue weighted by molar-refractivity contribution is 0.181. The number of fused-ring (bicyclic) bond motifs is 1. The van der Waals surface area contributed by atoms with Crippen LogP contribution in [0.2, 0.25) is 0 Å². The van der Waals surface area contributed by atoms with Gasteiger partial charge in [-0.15, -0.1) is 5.10 Å². The molecule has 10 nitrogen and oxygen atoms in total. The molecule has 0 unspecified atom stereocenters. The van der Waals surface area contributed by atoms with Crippen molar-refractivity contribution in [2.24, 2.45) is 0 Å². The fourth-order valence-electron chi connectivity index (χ4n) is 4.04. The number of hydrogen-bond donors (Lipinski definition) is 1. The van der Waals surface area contributed by atoms with Crippen LogP contribution in [0, 0.1) is 0 Å². The molecule has 1 fully saturated rings. The first-order chi connectivity index (χ1) is 16.2. The molecule has 4 aromatic rings. The van der Waals surface area contributed by atoms with Crippen LogP contribution in [-0.2, 0) is 0 Å². The van der Waals surface area contributed by atoms with Crippen LogP contribution in [0.4, 0.5) is 5.95 Å².